The first-order valence-electron chi connectivity index (χ1n) is 12.4. The van der Waals surface area contributed by atoms with Gasteiger partial charge in [-0.25, -0.2) is 9.48 Å². The van der Waals surface area contributed by atoms with Gasteiger partial charge >= 0.3 is 5.97 Å². The fourth-order valence-electron chi connectivity index (χ4n) is 6.04. The summed E-state index contributed by atoms with van der Waals surface area (Å²) in [5.74, 6) is -0.128. The normalized spacial score (nSPS) is 25.3. The fourth-order valence-corrected chi connectivity index (χ4v) is 6.04. The summed E-state index contributed by atoms with van der Waals surface area (Å²) in [6.45, 7) is 3.95. The van der Waals surface area contributed by atoms with Crippen LogP contribution >= 0.6 is 0 Å². The molecule has 1 unspecified atom stereocenters. The van der Waals surface area contributed by atoms with Gasteiger partial charge in [-0.2, -0.15) is 0 Å². The molecule has 1 amide bonds. The summed E-state index contributed by atoms with van der Waals surface area (Å²) in [6.07, 6.45) is 3.25. The second-order valence-corrected chi connectivity index (χ2v) is 9.98. The van der Waals surface area contributed by atoms with Crippen LogP contribution < -0.4 is 0 Å². The topological polar surface area (TPSA) is 103 Å². The molecule has 3 atom stereocenters. The zero-order valence-corrected chi connectivity index (χ0v) is 19.7. The van der Waals surface area contributed by atoms with Gasteiger partial charge in [-0.15, -0.1) is 5.10 Å². The number of benzene rings is 2. The molecule has 0 bridgehead atoms. The highest BCUT2D eigenvalue weighted by Crippen LogP contribution is 2.37. The monoisotopic (exact) mass is 486 g/mol. The SMILES string of the molecule is O=C1OCc2cc([C@@H]3CN4CCN(C(=O)C5CCc6cc(-n7cnnn7)ccc65)C[C@H]4CO3)ccc21. The second kappa shape index (κ2) is 8.49. The lowest BCUT2D eigenvalue weighted by atomic mass is 9.97. The highest BCUT2D eigenvalue weighted by molar-refractivity contribution is 5.93. The van der Waals surface area contributed by atoms with Gasteiger partial charge in [-0.1, -0.05) is 12.1 Å². The standard InChI is InChI=1S/C26H26N6O4/c33-25(23-5-1-16-10-19(3-6-21(16)23)32-15-27-28-29-32)31-8-7-30-12-24(35-14-20(30)11-31)17-2-4-22-18(9-17)13-36-26(22)34/h2-4,6,9-10,15,20,23-24H,1,5,7-8,11-14H2/t20-,23?,24-/m0/s1. The van der Waals surface area contributed by atoms with Crippen molar-refractivity contribution in [3.63, 3.8) is 0 Å². The number of amides is 1. The van der Waals surface area contributed by atoms with E-state index in [0.29, 0.717) is 25.3 Å². The molecule has 2 saturated heterocycles. The molecule has 0 radical (unpaired) electrons. The average Bonchev–Trinajstić information content (AvgIpc) is 3.67. The summed E-state index contributed by atoms with van der Waals surface area (Å²) in [5.41, 5.74) is 5.90. The maximum atomic E-state index is 13.6. The zero-order valence-electron chi connectivity index (χ0n) is 19.7. The quantitative estimate of drug-likeness (QED) is 0.515. The molecule has 2 aromatic carbocycles. The van der Waals surface area contributed by atoms with Crippen molar-refractivity contribution in [3.8, 4) is 5.69 Å². The number of cyclic esters (lactones) is 1. The van der Waals surface area contributed by atoms with E-state index in [0.717, 1.165) is 54.9 Å². The van der Waals surface area contributed by atoms with Crippen LogP contribution in [0.1, 0.15) is 51.1 Å². The number of tetrazole rings is 1. The molecule has 36 heavy (non-hydrogen) atoms. The summed E-state index contributed by atoms with van der Waals surface area (Å²) < 4.78 is 13.0. The maximum absolute atomic E-state index is 13.6. The number of piperazine rings is 1. The van der Waals surface area contributed by atoms with Gasteiger partial charge in [0.15, 0.2) is 0 Å². The van der Waals surface area contributed by atoms with Crippen molar-refractivity contribution in [1.29, 1.82) is 0 Å². The largest absolute Gasteiger partial charge is 0.457 e. The number of ether oxygens (including phenoxy) is 2. The Balaban J connectivity index is 1.01. The van der Waals surface area contributed by atoms with Crippen molar-refractivity contribution >= 4 is 11.9 Å². The Hall–Kier alpha value is -3.63. The lowest BCUT2D eigenvalue weighted by Crippen LogP contribution is -2.60. The first kappa shape index (κ1) is 21.6. The molecular weight excluding hydrogens is 460 g/mol. The van der Waals surface area contributed by atoms with Gasteiger partial charge in [0.05, 0.1) is 35.9 Å². The summed E-state index contributed by atoms with van der Waals surface area (Å²) in [4.78, 5) is 29.8. The van der Waals surface area contributed by atoms with E-state index in [2.05, 4.69) is 32.6 Å². The number of carbonyl (C=O) groups is 2. The van der Waals surface area contributed by atoms with Crippen LogP contribution in [0.4, 0.5) is 0 Å². The third kappa shape index (κ3) is 3.59. The van der Waals surface area contributed by atoms with Gasteiger partial charge in [0.1, 0.15) is 12.9 Å². The van der Waals surface area contributed by atoms with E-state index in [9.17, 15) is 9.59 Å². The minimum atomic E-state index is -0.250. The number of nitrogens with zero attached hydrogens (tertiary/aromatic N) is 6. The predicted molar refractivity (Wildman–Crippen MR) is 126 cm³/mol. The number of esters is 1. The lowest BCUT2D eigenvalue weighted by Gasteiger charge is -2.46. The molecule has 10 heteroatoms. The number of hydrogen-bond donors (Lipinski definition) is 0. The molecular formula is C26H26N6O4. The number of rotatable bonds is 3. The fraction of sp³-hybridized carbons (Fsp3) is 0.423. The predicted octanol–water partition coefficient (Wildman–Crippen LogP) is 1.65. The molecule has 0 N–H and O–H groups in total. The summed E-state index contributed by atoms with van der Waals surface area (Å²) in [6, 6.07) is 12.2. The van der Waals surface area contributed by atoms with Crippen LogP contribution in [0, 0.1) is 0 Å². The van der Waals surface area contributed by atoms with Crippen LogP contribution in [-0.2, 0) is 27.3 Å². The first-order chi connectivity index (χ1) is 17.6. The molecule has 0 spiro atoms. The Morgan fingerprint density at radius 1 is 1.06 bits per heavy atom. The second-order valence-electron chi connectivity index (χ2n) is 9.98. The smallest absolute Gasteiger partial charge is 0.338 e. The molecule has 3 aliphatic heterocycles. The van der Waals surface area contributed by atoms with E-state index >= 15 is 0 Å². The summed E-state index contributed by atoms with van der Waals surface area (Å²) >= 11 is 0. The average molecular weight is 487 g/mol. The van der Waals surface area contributed by atoms with E-state index in [-0.39, 0.29) is 29.9 Å². The van der Waals surface area contributed by atoms with E-state index in [4.69, 9.17) is 9.47 Å². The number of aromatic nitrogens is 4. The third-order valence-corrected chi connectivity index (χ3v) is 8.00. The van der Waals surface area contributed by atoms with Crippen LogP contribution in [0.3, 0.4) is 0 Å². The van der Waals surface area contributed by atoms with E-state index in [1.807, 2.05) is 29.2 Å². The van der Waals surface area contributed by atoms with Gasteiger partial charge in [-0.05, 0) is 64.2 Å². The van der Waals surface area contributed by atoms with Gasteiger partial charge in [0, 0.05) is 31.7 Å². The van der Waals surface area contributed by atoms with Crippen molar-refractivity contribution < 1.29 is 19.1 Å². The van der Waals surface area contributed by atoms with Crippen molar-refractivity contribution in [2.75, 3.05) is 32.8 Å². The number of hydrogen-bond acceptors (Lipinski definition) is 8. The molecule has 3 aromatic rings. The Morgan fingerprint density at radius 2 is 2.00 bits per heavy atom. The third-order valence-electron chi connectivity index (χ3n) is 8.00. The number of fused-ring (bicyclic) bond motifs is 3. The Morgan fingerprint density at radius 3 is 2.89 bits per heavy atom. The minimum absolute atomic E-state index is 0.0411. The number of morpholine rings is 1. The Bertz CT molecular complexity index is 1340. The first-order valence-corrected chi connectivity index (χ1v) is 12.4. The number of carbonyl (C=O) groups excluding carboxylic acids is 2. The molecule has 7 rings (SSSR count). The minimum Gasteiger partial charge on any atom is -0.457 e. The molecule has 184 valence electrons. The summed E-state index contributed by atoms with van der Waals surface area (Å²) in [5, 5.41) is 11.4. The molecule has 2 fully saturated rings. The van der Waals surface area contributed by atoms with Crippen LogP contribution in [-0.4, -0.2) is 80.7 Å². The van der Waals surface area contributed by atoms with Crippen LogP contribution in [0.25, 0.3) is 5.69 Å². The molecule has 1 aromatic heterocycles. The summed E-state index contributed by atoms with van der Waals surface area (Å²) in [7, 11) is 0. The van der Waals surface area contributed by atoms with Crippen molar-refractivity contribution in [2.45, 2.75) is 37.5 Å². The van der Waals surface area contributed by atoms with Crippen molar-refractivity contribution in [1.82, 2.24) is 30.0 Å². The lowest BCUT2D eigenvalue weighted by molar-refractivity contribution is -0.141. The van der Waals surface area contributed by atoms with Gasteiger partial charge < -0.3 is 14.4 Å². The van der Waals surface area contributed by atoms with Crippen molar-refractivity contribution in [2.24, 2.45) is 0 Å². The zero-order chi connectivity index (χ0) is 24.2. The van der Waals surface area contributed by atoms with E-state index in [1.54, 1.807) is 11.0 Å². The highest BCUT2D eigenvalue weighted by atomic mass is 16.5. The molecule has 4 heterocycles. The van der Waals surface area contributed by atoms with E-state index in [1.165, 1.54) is 5.56 Å². The van der Waals surface area contributed by atoms with E-state index < -0.39 is 0 Å². The van der Waals surface area contributed by atoms with Crippen molar-refractivity contribution in [3.05, 3.63) is 70.5 Å². The van der Waals surface area contributed by atoms with Gasteiger partial charge in [0.2, 0.25) is 5.91 Å². The van der Waals surface area contributed by atoms with Crippen LogP contribution in [0.5, 0.6) is 0 Å². The molecule has 10 nitrogen and oxygen atoms in total. The highest BCUT2D eigenvalue weighted by Gasteiger charge is 2.39. The maximum Gasteiger partial charge on any atom is 0.338 e. The molecule has 1 aliphatic carbocycles. The number of aryl methyl sites for hydroxylation is 1. The van der Waals surface area contributed by atoms with Gasteiger partial charge in [-0.3, -0.25) is 9.69 Å². The van der Waals surface area contributed by atoms with Crippen LogP contribution in [0.15, 0.2) is 42.7 Å². The Kier molecular flexibility index (Phi) is 5.10. The molecule has 4 aliphatic rings. The Labute approximate surface area is 207 Å². The van der Waals surface area contributed by atoms with Crippen LogP contribution in [0.2, 0.25) is 0 Å². The molecule has 0 saturated carbocycles. The van der Waals surface area contributed by atoms with Gasteiger partial charge in [0.25, 0.3) is 0 Å².